The van der Waals surface area contributed by atoms with Gasteiger partial charge in [0.25, 0.3) is 5.91 Å². The summed E-state index contributed by atoms with van der Waals surface area (Å²) in [5, 5.41) is 5.64. The summed E-state index contributed by atoms with van der Waals surface area (Å²) in [6.07, 6.45) is 5.38. The first-order valence-electron chi connectivity index (χ1n) is 9.32. The van der Waals surface area contributed by atoms with Crippen molar-refractivity contribution in [1.29, 1.82) is 0 Å². The Balaban J connectivity index is 1.36. The number of benzene rings is 1. The van der Waals surface area contributed by atoms with Gasteiger partial charge in [0.15, 0.2) is 0 Å². The molecule has 142 valence electrons. The fraction of sp³-hybridized carbons (Fsp3) is 0.381. The molecule has 1 aliphatic carbocycles. The van der Waals surface area contributed by atoms with E-state index in [0.717, 1.165) is 31.2 Å². The Morgan fingerprint density at radius 2 is 1.81 bits per heavy atom. The number of aromatic nitrogens is 1. The van der Waals surface area contributed by atoms with E-state index in [1.807, 2.05) is 25.1 Å². The van der Waals surface area contributed by atoms with Crippen LogP contribution in [0.2, 0.25) is 0 Å². The van der Waals surface area contributed by atoms with Gasteiger partial charge in [-0.05, 0) is 50.3 Å². The zero-order chi connectivity index (χ0) is 19.1. The Morgan fingerprint density at radius 3 is 2.48 bits per heavy atom. The van der Waals surface area contributed by atoms with Crippen molar-refractivity contribution in [3.8, 4) is 5.88 Å². The van der Waals surface area contributed by atoms with Crippen LogP contribution >= 0.6 is 0 Å². The van der Waals surface area contributed by atoms with Gasteiger partial charge < -0.3 is 15.4 Å². The monoisotopic (exact) mass is 367 g/mol. The van der Waals surface area contributed by atoms with Crippen LogP contribution in [0.3, 0.4) is 0 Å². The molecule has 0 aliphatic heterocycles. The maximum atomic E-state index is 12.1. The largest absolute Gasteiger partial charge is 0.474 e. The first kappa shape index (κ1) is 18.9. The van der Waals surface area contributed by atoms with Crippen molar-refractivity contribution in [2.75, 3.05) is 6.54 Å². The molecule has 6 nitrogen and oxygen atoms in total. The third-order valence-corrected chi connectivity index (χ3v) is 4.66. The standard InChI is InChI=1S/C21H25N3O3/c1-15-7-12-20(22-13-15)27-18-10-8-17(9-11-18)24-19(25)14-23-21(26)16-5-3-2-4-6-16/h2-7,12-13,17-18H,8-11,14H2,1H3,(H,23,26)(H,24,25). The Bertz CT molecular complexity index is 754. The summed E-state index contributed by atoms with van der Waals surface area (Å²) in [5.41, 5.74) is 1.65. The number of nitrogens with zero attached hydrogens (tertiary/aromatic N) is 1. The number of amides is 2. The molecule has 1 aromatic carbocycles. The minimum atomic E-state index is -0.242. The third kappa shape index (κ3) is 5.81. The van der Waals surface area contributed by atoms with Crippen molar-refractivity contribution in [2.24, 2.45) is 0 Å². The first-order valence-corrected chi connectivity index (χ1v) is 9.32. The fourth-order valence-electron chi connectivity index (χ4n) is 3.15. The van der Waals surface area contributed by atoms with Gasteiger partial charge in [-0.1, -0.05) is 24.3 Å². The van der Waals surface area contributed by atoms with E-state index in [4.69, 9.17) is 4.74 Å². The van der Waals surface area contributed by atoms with Crippen molar-refractivity contribution in [2.45, 2.75) is 44.8 Å². The van der Waals surface area contributed by atoms with Gasteiger partial charge in [-0.15, -0.1) is 0 Å². The molecule has 3 rings (SSSR count). The highest BCUT2D eigenvalue weighted by atomic mass is 16.5. The summed E-state index contributed by atoms with van der Waals surface area (Å²) in [5.74, 6) is 0.244. The van der Waals surface area contributed by atoms with Crippen LogP contribution < -0.4 is 15.4 Å². The molecule has 0 unspecified atom stereocenters. The minimum absolute atomic E-state index is 0.0164. The number of pyridine rings is 1. The average Bonchev–Trinajstić information content (AvgIpc) is 2.70. The SMILES string of the molecule is Cc1ccc(OC2CCC(NC(=O)CNC(=O)c3ccccc3)CC2)nc1. The van der Waals surface area contributed by atoms with Crippen LogP contribution in [0.1, 0.15) is 41.6 Å². The quantitative estimate of drug-likeness (QED) is 0.822. The molecule has 1 aromatic heterocycles. The molecule has 0 spiro atoms. The summed E-state index contributed by atoms with van der Waals surface area (Å²) in [7, 11) is 0. The van der Waals surface area contributed by atoms with Crippen molar-refractivity contribution < 1.29 is 14.3 Å². The minimum Gasteiger partial charge on any atom is -0.474 e. The van der Waals surface area contributed by atoms with Crippen LogP contribution in [-0.2, 0) is 4.79 Å². The molecule has 1 saturated carbocycles. The van der Waals surface area contributed by atoms with Crippen molar-refractivity contribution in [3.63, 3.8) is 0 Å². The summed E-state index contributed by atoms with van der Waals surface area (Å²) < 4.78 is 5.91. The van der Waals surface area contributed by atoms with E-state index in [2.05, 4.69) is 15.6 Å². The summed E-state index contributed by atoms with van der Waals surface area (Å²) in [6.45, 7) is 1.98. The van der Waals surface area contributed by atoms with Gasteiger partial charge in [-0.3, -0.25) is 9.59 Å². The van der Waals surface area contributed by atoms with Crippen LogP contribution in [0.15, 0.2) is 48.7 Å². The normalized spacial score (nSPS) is 19.1. The number of aryl methyl sites for hydroxylation is 1. The van der Waals surface area contributed by atoms with Crippen molar-refractivity contribution >= 4 is 11.8 Å². The van der Waals surface area contributed by atoms with E-state index < -0.39 is 0 Å². The number of carbonyl (C=O) groups excluding carboxylic acids is 2. The van der Waals surface area contributed by atoms with Gasteiger partial charge in [-0.25, -0.2) is 4.98 Å². The van der Waals surface area contributed by atoms with E-state index in [9.17, 15) is 9.59 Å². The molecule has 2 amide bonds. The number of rotatable bonds is 6. The number of hydrogen-bond donors (Lipinski definition) is 2. The maximum absolute atomic E-state index is 12.1. The predicted molar refractivity (Wildman–Crippen MR) is 103 cm³/mol. The average molecular weight is 367 g/mol. The Kier molecular flexibility index (Phi) is 6.41. The predicted octanol–water partition coefficient (Wildman–Crippen LogP) is 2.63. The van der Waals surface area contributed by atoms with E-state index >= 15 is 0 Å². The Labute approximate surface area is 159 Å². The molecule has 0 radical (unpaired) electrons. The number of carbonyl (C=O) groups is 2. The summed E-state index contributed by atoms with van der Waals surface area (Å²) >= 11 is 0. The number of ether oxygens (including phenoxy) is 1. The Morgan fingerprint density at radius 1 is 1.07 bits per heavy atom. The molecule has 2 N–H and O–H groups in total. The molecule has 0 bridgehead atoms. The molecule has 27 heavy (non-hydrogen) atoms. The lowest BCUT2D eigenvalue weighted by Gasteiger charge is -2.29. The number of hydrogen-bond acceptors (Lipinski definition) is 4. The molecule has 1 heterocycles. The van der Waals surface area contributed by atoms with Crippen LogP contribution in [0.25, 0.3) is 0 Å². The van der Waals surface area contributed by atoms with Crippen molar-refractivity contribution in [3.05, 3.63) is 59.8 Å². The van der Waals surface area contributed by atoms with Crippen LogP contribution in [0.4, 0.5) is 0 Å². The molecule has 0 saturated heterocycles. The van der Waals surface area contributed by atoms with Crippen LogP contribution in [-0.4, -0.2) is 35.5 Å². The Hall–Kier alpha value is -2.89. The van der Waals surface area contributed by atoms with Gasteiger partial charge in [0.05, 0.1) is 6.54 Å². The molecule has 1 fully saturated rings. The third-order valence-electron chi connectivity index (χ3n) is 4.66. The molecule has 2 aromatic rings. The van der Waals surface area contributed by atoms with E-state index in [-0.39, 0.29) is 30.5 Å². The van der Waals surface area contributed by atoms with Gasteiger partial charge in [-0.2, -0.15) is 0 Å². The highest BCUT2D eigenvalue weighted by molar-refractivity contribution is 5.96. The molecular formula is C21H25N3O3. The highest BCUT2D eigenvalue weighted by Crippen LogP contribution is 2.23. The molecular weight excluding hydrogens is 342 g/mol. The van der Waals surface area contributed by atoms with E-state index in [1.54, 1.807) is 30.5 Å². The lowest BCUT2D eigenvalue weighted by Crippen LogP contribution is -2.44. The lowest BCUT2D eigenvalue weighted by molar-refractivity contribution is -0.121. The molecule has 1 aliphatic rings. The van der Waals surface area contributed by atoms with E-state index in [1.165, 1.54) is 0 Å². The van der Waals surface area contributed by atoms with Crippen molar-refractivity contribution in [1.82, 2.24) is 15.6 Å². The zero-order valence-corrected chi connectivity index (χ0v) is 15.5. The highest BCUT2D eigenvalue weighted by Gasteiger charge is 2.24. The molecule has 0 atom stereocenters. The summed E-state index contributed by atoms with van der Waals surface area (Å²) in [6, 6.07) is 12.9. The first-order chi connectivity index (χ1) is 13.1. The summed E-state index contributed by atoms with van der Waals surface area (Å²) in [4.78, 5) is 28.3. The second-order valence-corrected chi connectivity index (χ2v) is 6.88. The smallest absolute Gasteiger partial charge is 0.251 e. The maximum Gasteiger partial charge on any atom is 0.251 e. The number of nitrogens with one attached hydrogen (secondary N) is 2. The molecule has 6 heteroatoms. The fourth-order valence-corrected chi connectivity index (χ4v) is 3.15. The van der Waals surface area contributed by atoms with Crippen LogP contribution in [0, 0.1) is 6.92 Å². The van der Waals surface area contributed by atoms with Gasteiger partial charge in [0.1, 0.15) is 6.10 Å². The van der Waals surface area contributed by atoms with Gasteiger partial charge >= 0.3 is 0 Å². The second kappa shape index (κ2) is 9.16. The van der Waals surface area contributed by atoms with Gasteiger partial charge in [0.2, 0.25) is 11.8 Å². The lowest BCUT2D eigenvalue weighted by atomic mass is 9.93. The second-order valence-electron chi connectivity index (χ2n) is 6.88. The zero-order valence-electron chi connectivity index (χ0n) is 15.5. The van der Waals surface area contributed by atoms with Gasteiger partial charge in [0, 0.05) is 23.9 Å². The van der Waals surface area contributed by atoms with Crippen LogP contribution in [0.5, 0.6) is 5.88 Å². The topological polar surface area (TPSA) is 80.3 Å². The van der Waals surface area contributed by atoms with E-state index in [0.29, 0.717) is 11.4 Å².